The molecule has 1 aromatic carbocycles. The predicted octanol–water partition coefficient (Wildman–Crippen LogP) is 3.35. The van der Waals surface area contributed by atoms with Crippen molar-refractivity contribution in [2.24, 2.45) is 17.8 Å². The third-order valence-corrected chi connectivity index (χ3v) is 5.74. The van der Waals surface area contributed by atoms with Crippen molar-refractivity contribution in [3.8, 4) is 0 Å². The summed E-state index contributed by atoms with van der Waals surface area (Å²) in [6.45, 7) is 0. The van der Waals surface area contributed by atoms with Gasteiger partial charge in [0, 0.05) is 5.54 Å². The van der Waals surface area contributed by atoms with Gasteiger partial charge in [0.1, 0.15) is 0 Å². The number of hydrogen-bond acceptors (Lipinski definition) is 3. The highest BCUT2D eigenvalue weighted by molar-refractivity contribution is 5.90. The van der Waals surface area contributed by atoms with Crippen LogP contribution < -0.4 is 11.1 Å². The number of nitrogen functional groups attached to an aromatic ring is 1. The highest BCUT2D eigenvalue weighted by atomic mass is 16.4. The second-order valence-corrected chi connectivity index (χ2v) is 7.43. The molecule has 1 aromatic rings. The lowest BCUT2D eigenvalue weighted by atomic mass is 9.53. The van der Waals surface area contributed by atoms with E-state index < -0.39 is 5.97 Å². The molecule has 0 amide bonds. The van der Waals surface area contributed by atoms with Crippen LogP contribution in [0, 0.1) is 17.8 Å². The zero-order valence-corrected chi connectivity index (χ0v) is 12.1. The van der Waals surface area contributed by atoms with Crippen molar-refractivity contribution in [2.45, 2.75) is 44.1 Å². The normalized spacial score (nSPS) is 36.7. The Balaban J connectivity index is 1.64. The first-order valence-electron chi connectivity index (χ1n) is 7.94. The van der Waals surface area contributed by atoms with E-state index in [2.05, 4.69) is 5.32 Å². The average Bonchev–Trinajstić information content (AvgIpc) is 2.39. The van der Waals surface area contributed by atoms with E-state index in [1.165, 1.54) is 38.5 Å². The molecule has 4 heteroatoms. The van der Waals surface area contributed by atoms with Crippen LogP contribution >= 0.6 is 0 Å². The number of nitrogens with one attached hydrogen (secondary N) is 1. The first-order valence-corrected chi connectivity index (χ1v) is 7.94. The molecular formula is C17H22N2O2. The van der Waals surface area contributed by atoms with Gasteiger partial charge in [-0.05, 0) is 74.5 Å². The summed E-state index contributed by atoms with van der Waals surface area (Å²) in [7, 11) is 0. The zero-order valence-electron chi connectivity index (χ0n) is 12.1. The number of benzene rings is 1. The molecule has 4 fully saturated rings. The van der Waals surface area contributed by atoms with Crippen molar-refractivity contribution in [1.29, 1.82) is 0 Å². The minimum absolute atomic E-state index is 0.153. The molecule has 0 radical (unpaired) electrons. The predicted molar refractivity (Wildman–Crippen MR) is 82.3 cm³/mol. The summed E-state index contributed by atoms with van der Waals surface area (Å²) in [5.41, 5.74) is 7.97. The van der Waals surface area contributed by atoms with Gasteiger partial charge in [-0.2, -0.15) is 0 Å². The smallest absolute Gasteiger partial charge is 0.335 e. The van der Waals surface area contributed by atoms with Crippen LogP contribution in [0.1, 0.15) is 48.9 Å². The third-order valence-electron chi connectivity index (χ3n) is 5.74. The van der Waals surface area contributed by atoms with E-state index in [1.807, 2.05) is 0 Å². The Labute approximate surface area is 124 Å². The van der Waals surface area contributed by atoms with Crippen LogP contribution in [0.15, 0.2) is 18.2 Å². The molecule has 0 spiro atoms. The number of carboxylic acid groups (broad SMARTS) is 1. The van der Waals surface area contributed by atoms with Crippen molar-refractivity contribution in [3.63, 3.8) is 0 Å². The maximum atomic E-state index is 11.2. The van der Waals surface area contributed by atoms with Crippen molar-refractivity contribution in [1.82, 2.24) is 0 Å². The topological polar surface area (TPSA) is 75.4 Å². The lowest BCUT2D eigenvalue weighted by molar-refractivity contribution is 0.0107. The molecule has 0 atom stereocenters. The van der Waals surface area contributed by atoms with Gasteiger partial charge in [0.25, 0.3) is 0 Å². The van der Waals surface area contributed by atoms with Crippen LogP contribution in [0.4, 0.5) is 11.4 Å². The number of hydrogen-bond donors (Lipinski definition) is 3. The average molecular weight is 286 g/mol. The van der Waals surface area contributed by atoms with E-state index in [9.17, 15) is 4.79 Å². The van der Waals surface area contributed by atoms with E-state index in [0.717, 1.165) is 23.4 Å². The molecule has 4 aliphatic carbocycles. The molecule has 21 heavy (non-hydrogen) atoms. The van der Waals surface area contributed by atoms with Gasteiger partial charge in [-0.15, -0.1) is 0 Å². The summed E-state index contributed by atoms with van der Waals surface area (Å²) in [6, 6.07) is 4.96. The van der Waals surface area contributed by atoms with Gasteiger partial charge in [-0.25, -0.2) is 4.79 Å². The fraction of sp³-hybridized carbons (Fsp3) is 0.588. The van der Waals surface area contributed by atoms with Crippen molar-refractivity contribution in [2.75, 3.05) is 11.1 Å². The van der Waals surface area contributed by atoms with Crippen LogP contribution in [0.25, 0.3) is 0 Å². The molecule has 0 saturated heterocycles. The Morgan fingerprint density at radius 2 is 1.71 bits per heavy atom. The maximum Gasteiger partial charge on any atom is 0.335 e. The molecule has 0 aliphatic heterocycles. The lowest BCUT2D eigenvalue weighted by Gasteiger charge is -2.57. The molecule has 0 heterocycles. The van der Waals surface area contributed by atoms with E-state index in [1.54, 1.807) is 18.2 Å². The second kappa shape index (κ2) is 4.39. The summed E-state index contributed by atoms with van der Waals surface area (Å²) in [4.78, 5) is 11.2. The molecular weight excluding hydrogens is 264 g/mol. The first kappa shape index (κ1) is 13.0. The minimum Gasteiger partial charge on any atom is -0.478 e. The summed E-state index contributed by atoms with van der Waals surface area (Å²) >= 11 is 0. The first-order chi connectivity index (χ1) is 10.0. The number of aromatic carboxylic acids is 1. The molecule has 4 bridgehead atoms. The lowest BCUT2D eigenvalue weighted by Crippen LogP contribution is -2.54. The molecule has 0 unspecified atom stereocenters. The zero-order chi connectivity index (χ0) is 14.6. The van der Waals surface area contributed by atoms with E-state index in [-0.39, 0.29) is 5.54 Å². The number of carboxylic acids is 1. The Bertz CT molecular complexity index is 561. The molecule has 5 rings (SSSR count). The Hall–Kier alpha value is -1.71. The van der Waals surface area contributed by atoms with Crippen LogP contribution in [0.3, 0.4) is 0 Å². The molecule has 4 N–H and O–H groups in total. The fourth-order valence-electron chi connectivity index (χ4n) is 5.35. The Morgan fingerprint density at radius 3 is 2.24 bits per heavy atom. The number of nitrogens with two attached hydrogens (primary N) is 1. The second-order valence-electron chi connectivity index (χ2n) is 7.43. The summed E-state index contributed by atoms with van der Waals surface area (Å²) in [5.74, 6) is 1.66. The van der Waals surface area contributed by atoms with Gasteiger partial charge in [0.15, 0.2) is 0 Å². The molecule has 4 nitrogen and oxygen atoms in total. The Kier molecular flexibility index (Phi) is 2.72. The summed E-state index contributed by atoms with van der Waals surface area (Å²) < 4.78 is 0. The minimum atomic E-state index is -0.899. The largest absolute Gasteiger partial charge is 0.478 e. The van der Waals surface area contributed by atoms with Crippen LogP contribution in [-0.2, 0) is 0 Å². The van der Waals surface area contributed by atoms with Crippen LogP contribution in [0.2, 0.25) is 0 Å². The standard InChI is InChI=1S/C17H22N2O2/c18-14-2-1-13(16(20)21)6-15(14)19-17-7-10-3-11(8-17)5-12(4-10)9-17/h1-2,6,10-12,19H,3-5,7-9,18H2,(H,20,21). The van der Waals surface area contributed by atoms with E-state index >= 15 is 0 Å². The van der Waals surface area contributed by atoms with E-state index in [4.69, 9.17) is 10.8 Å². The van der Waals surface area contributed by atoms with Gasteiger partial charge in [0.2, 0.25) is 0 Å². The summed E-state index contributed by atoms with van der Waals surface area (Å²) in [6.07, 6.45) is 7.84. The van der Waals surface area contributed by atoms with E-state index in [0.29, 0.717) is 11.3 Å². The molecule has 4 aliphatic rings. The number of carbonyl (C=O) groups is 1. The van der Waals surface area contributed by atoms with Crippen molar-refractivity contribution < 1.29 is 9.90 Å². The quantitative estimate of drug-likeness (QED) is 0.745. The van der Waals surface area contributed by atoms with Crippen LogP contribution in [-0.4, -0.2) is 16.6 Å². The van der Waals surface area contributed by atoms with Gasteiger partial charge in [-0.3, -0.25) is 0 Å². The Morgan fingerprint density at radius 1 is 1.14 bits per heavy atom. The maximum absolute atomic E-state index is 11.2. The number of anilines is 2. The molecule has 4 saturated carbocycles. The van der Waals surface area contributed by atoms with Gasteiger partial charge >= 0.3 is 5.97 Å². The summed E-state index contributed by atoms with van der Waals surface area (Å²) in [5, 5.41) is 12.8. The van der Waals surface area contributed by atoms with Gasteiger partial charge in [-0.1, -0.05) is 0 Å². The fourth-order valence-corrected chi connectivity index (χ4v) is 5.35. The monoisotopic (exact) mass is 286 g/mol. The highest BCUT2D eigenvalue weighted by Gasteiger charge is 2.51. The van der Waals surface area contributed by atoms with Crippen molar-refractivity contribution in [3.05, 3.63) is 23.8 Å². The number of rotatable bonds is 3. The van der Waals surface area contributed by atoms with Gasteiger partial charge < -0.3 is 16.2 Å². The molecule has 0 aromatic heterocycles. The van der Waals surface area contributed by atoms with Gasteiger partial charge in [0.05, 0.1) is 16.9 Å². The SMILES string of the molecule is Nc1ccc(C(=O)O)cc1NC12CC3CC(CC(C3)C1)C2. The molecule has 112 valence electrons. The third kappa shape index (κ3) is 2.17. The van der Waals surface area contributed by atoms with Crippen molar-refractivity contribution >= 4 is 17.3 Å². The van der Waals surface area contributed by atoms with Crippen LogP contribution in [0.5, 0.6) is 0 Å². The highest BCUT2D eigenvalue weighted by Crippen LogP contribution is 2.56.